The number of nitrogens with one attached hydrogen (secondary N) is 2. The molecular formula is C16H26N2O3. The number of carbonyl (C=O) groups is 2. The Morgan fingerprint density at radius 3 is 2.67 bits per heavy atom. The van der Waals surface area contributed by atoms with Crippen LogP contribution >= 0.6 is 0 Å². The summed E-state index contributed by atoms with van der Waals surface area (Å²) in [5.41, 5.74) is -0.175. The van der Waals surface area contributed by atoms with Gasteiger partial charge in [-0.25, -0.2) is 0 Å². The van der Waals surface area contributed by atoms with Crippen molar-refractivity contribution in [1.82, 2.24) is 10.6 Å². The van der Waals surface area contributed by atoms with Gasteiger partial charge >= 0.3 is 5.97 Å². The van der Waals surface area contributed by atoms with Crippen molar-refractivity contribution < 1.29 is 14.3 Å². The van der Waals surface area contributed by atoms with Gasteiger partial charge in [0.15, 0.2) is 0 Å². The molecule has 21 heavy (non-hydrogen) atoms. The van der Waals surface area contributed by atoms with Gasteiger partial charge in [0.2, 0.25) is 5.91 Å². The van der Waals surface area contributed by atoms with Crippen LogP contribution in [0.3, 0.4) is 0 Å². The van der Waals surface area contributed by atoms with Crippen molar-refractivity contribution in [3.63, 3.8) is 0 Å². The fraction of sp³-hybridized carbons (Fsp3) is 0.750. The lowest BCUT2D eigenvalue weighted by Crippen LogP contribution is -2.44. The second-order valence-electron chi connectivity index (χ2n) is 6.40. The van der Waals surface area contributed by atoms with E-state index in [1.807, 2.05) is 20.8 Å². The molecule has 5 heteroatoms. The van der Waals surface area contributed by atoms with Gasteiger partial charge < -0.3 is 15.4 Å². The number of rotatable bonds is 4. The van der Waals surface area contributed by atoms with E-state index < -0.39 is 6.04 Å². The van der Waals surface area contributed by atoms with E-state index in [-0.39, 0.29) is 29.6 Å². The lowest BCUT2D eigenvalue weighted by atomic mass is 9.96. The molecule has 1 heterocycles. The molecule has 0 bridgehead atoms. The van der Waals surface area contributed by atoms with Crippen molar-refractivity contribution in [1.29, 1.82) is 0 Å². The summed E-state index contributed by atoms with van der Waals surface area (Å²) in [7, 11) is 1.34. The molecule has 1 amide bonds. The average Bonchev–Trinajstić information content (AvgIpc) is 2.44. The largest absolute Gasteiger partial charge is 0.469 e. The summed E-state index contributed by atoms with van der Waals surface area (Å²) in [6.07, 6.45) is 1.94. The summed E-state index contributed by atoms with van der Waals surface area (Å²) in [4.78, 5) is 23.7. The second kappa shape index (κ2) is 8.04. The van der Waals surface area contributed by atoms with Gasteiger partial charge in [0.05, 0.1) is 19.4 Å². The van der Waals surface area contributed by atoms with Crippen LogP contribution in [0.4, 0.5) is 0 Å². The first-order valence-corrected chi connectivity index (χ1v) is 7.42. The first-order chi connectivity index (χ1) is 9.81. The van der Waals surface area contributed by atoms with Crippen LogP contribution in [0, 0.1) is 23.2 Å². The molecule has 1 fully saturated rings. The average molecular weight is 294 g/mol. The van der Waals surface area contributed by atoms with Crippen LogP contribution in [0.15, 0.2) is 0 Å². The topological polar surface area (TPSA) is 67.4 Å². The molecule has 0 radical (unpaired) electrons. The number of hydrogen-bond acceptors (Lipinski definition) is 4. The summed E-state index contributed by atoms with van der Waals surface area (Å²) < 4.78 is 4.67. The van der Waals surface area contributed by atoms with Crippen LogP contribution in [0.5, 0.6) is 0 Å². The third kappa shape index (κ3) is 7.14. The second-order valence-corrected chi connectivity index (χ2v) is 6.40. The Morgan fingerprint density at radius 1 is 1.43 bits per heavy atom. The lowest BCUT2D eigenvalue weighted by Gasteiger charge is -2.23. The standard InChI is InChI=1S/C16H26N2O3/c1-16(2,3)8-7-13(10-14(19)21-4)18-15(20)12-6-5-9-17-11-12/h12-13,17H,5-6,9-11H2,1-4H3,(H,18,20)/t12-,13-/m1/s1. The molecule has 0 aliphatic carbocycles. The molecule has 0 unspecified atom stereocenters. The minimum absolute atomic E-state index is 0.0423. The first-order valence-electron chi connectivity index (χ1n) is 7.42. The monoisotopic (exact) mass is 294 g/mol. The fourth-order valence-corrected chi connectivity index (χ4v) is 2.06. The van der Waals surface area contributed by atoms with Crippen molar-refractivity contribution in [2.24, 2.45) is 11.3 Å². The van der Waals surface area contributed by atoms with E-state index in [4.69, 9.17) is 0 Å². The van der Waals surface area contributed by atoms with Crippen molar-refractivity contribution in [2.45, 2.75) is 46.1 Å². The zero-order valence-corrected chi connectivity index (χ0v) is 13.4. The van der Waals surface area contributed by atoms with Crippen molar-refractivity contribution in [2.75, 3.05) is 20.2 Å². The zero-order valence-electron chi connectivity index (χ0n) is 13.4. The smallest absolute Gasteiger partial charge is 0.308 e. The molecule has 1 saturated heterocycles. The van der Waals surface area contributed by atoms with Gasteiger partial charge in [0, 0.05) is 12.0 Å². The molecule has 1 aliphatic rings. The maximum atomic E-state index is 12.2. The van der Waals surface area contributed by atoms with E-state index in [9.17, 15) is 9.59 Å². The van der Waals surface area contributed by atoms with Crippen LogP contribution in [-0.4, -0.2) is 38.1 Å². The number of amides is 1. The lowest BCUT2D eigenvalue weighted by molar-refractivity contribution is -0.141. The third-order valence-electron chi connectivity index (χ3n) is 3.20. The quantitative estimate of drug-likeness (QED) is 0.601. The molecule has 5 nitrogen and oxygen atoms in total. The number of ether oxygens (including phenoxy) is 1. The molecule has 118 valence electrons. The van der Waals surface area contributed by atoms with E-state index in [0.29, 0.717) is 6.54 Å². The van der Waals surface area contributed by atoms with Gasteiger partial charge in [-0.3, -0.25) is 9.59 Å². The van der Waals surface area contributed by atoms with Crippen molar-refractivity contribution >= 4 is 11.9 Å². The third-order valence-corrected chi connectivity index (χ3v) is 3.20. The number of hydrogen-bond donors (Lipinski definition) is 2. The van der Waals surface area contributed by atoms with Crippen LogP contribution in [0.2, 0.25) is 0 Å². The molecule has 2 atom stereocenters. The first kappa shape index (κ1) is 17.5. The molecule has 0 aromatic rings. The van der Waals surface area contributed by atoms with Crippen LogP contribution in [-0.2, 0) is 14.3 Å². The Morgan fingerprint density at radius 2 is 2.14 bits per heavy atom. The predicted molar refractivity (Wildman–Crippen MR) is 81.4 cm³/mol. The van der Waals surface area contributed by atoms with Crippen LogP contribution in [0.1, 0.15) is 40.0 Å². The van der Waals surface area contributed by atoms with Gasteiger partial charge in [-0.15, -0.1) is 0 Å². The molecular weight excluding hydrogens is 268 g/mol. The maximum Gasteiger partial charge on any atom is 0.308 e. The summed E-state index contributed by atoms with van der Waals surface area (Å²) in [6.45, 7) is 7.61. The van der Waals surface area contributed by atoms with E-state index in [1.165, 1.54) is 7.11 Å². The molecule has 2 N–H and O–H groups in total. The highest BCUT2D eigenvalue weighted by molar-refractivity contribution is 5.81. The summed E-state index contributed by atoms with van der Waals surface area (Å²) >= 11 is 0. The van der Waals surface area contributed by atoms with Crippen molar-refractivity contribution in [3.8, 4) is 11.8 Å². The van der Waals surface area contributed by atoms with E-state index >= 15 is 0 Å². The number of carbonyl (C=O) groups excluding carboxylic acids is 2. The minimum atomic E-state index is -0.494. The summed E-state index contributed by atoms with van der Waals surface area (Å²) in [5.74, 6) is 5.60. The number of piperidine rings is 1. The Hall–Kier alpha value is -1.54. The predicted octanol–water partition coefficient (Wildman–Crippen LogP) is 1.08. The van der Waals surface area contributed by atoms with Gasteiger partial charge in [0.25, 0.3) is 0 Å². The zero-order chi connectivity index (χ0) is 15.9. The molecule has 0 saturated carbocycles. The van der Waals surface area contributed by atoms with Crippen LogP contribution in [0.25, 0.3) is 0 Å². The van der Waals surface area contributed by atoms with E-state index in [1.54, 1.807) is 0 Å². The van der Waals surface area contributed by atoms with E-state index in [0.717, 1.165) is 19.4 Å². The highest BCUT2D eigenvalue weighted by Crippen LogP contribution is 2.12. The normalized spacial score (nSPS) is 19.9. The molecule has 0 aromatic heterocycles. The summed E-state index contributed by atoms with van der Waals surface area (Å²) in [6, 6.07) is -0.494. The summed E-state index contributed by atoms with van der Waals surface area (Å²) in [5, 5.41) is 6.08. The molecule has 0 spiro atoms. The van der Waals surface area contributed by atoms with Gasteiger partial charge in [-0.1, -0.05) is 11.8 Å². The van der Waals surface area contributed by atoms with Gasteiger partial charge in [0.1, 0.15) is 6.04 Å². The number of methoxy groups -OCH3 is 1. The SMILES string of the molecule is COC(=O)C[C@@H](C#CC(C)(C)C)NC(=O)[C@@H]1CCCNC1. The fourth-order valence-electron chi connectivity index (χ4n) is 2.06. The Kier molecular flexibility index (Phi) is 6.70. The van der Waals surface area contributed by atoms with E-state index in [2.05, 4.69) is 27.2 Å². The number of esters is 1. The maximum absolute atomic E-state index is 12.2. The van der Waals surface area contributed by atoms with Crippen molar-refractivity contribution in [3.05, 3.63) is 0 Å². The van der Waals surface area contributed by atoms with Gasteiger partial charge in [-0.05, 0) is 40.2 Å². The van der Waals surface area contributed by atoms with Gasteiger partial charge in [-0.2, -0.15) is 0 Å². The Balaban J connectivity index is 2.68. The molecule has 0 aromatic carbocycles. The minimum Gasteiger partial charge on any atom is -0.469 e. The highest BCUT2D eigenvalue weighted by Gasteiger charge is 2.24. The molecule has 1 aliphatic heterocycles. The highest BCUT2D eigenvalue weighted by atomic mass is 16.5. The van der Waals surface area contributed by atoms with Crippen LogP contribution < -0.4 is 10.6 Å². The molecule has 1 rings (SSSR count). The Labute approximate surface area is 127 Å². The Bertz CT molecular complexity index is 423.